The first-order valence-corrected chi connectivity index (χ1v) is 11.6. The lowest BCUT2D eigenvalue weighted by Gasteiger charge is -2.21. The van der Waals surface area contributed by atoms with E-state index in [1.54, 1.807) is 6.20 Å². The molecule has 2 aromatic heterocycles. The Bertz CT molecular complexity index is 1290. The van der Waals surface area contributed by atoms with Crippen molar-refractivity contribution in [2.45, 2.75) is 40.3 Å². The highest BCUT2D eigenvalue weighted by Crippen LogP contribution is 2.29. The number of hydrogen-bond acceptors (Lipinski definition) is 7. The second-order valence-corrected chi connectivity index (χ2v) is 8.87. The molecule has 2 aliphatic rings. The average Bonchev–Trinajstić information content (AvgIpc) is 3.48. The summed E-state index contributed by atoms with van der Waals surface area (Å²) in [7, 11) is 0. The Balaban J connectivity index is 1.42. The van der Waals surface area contributed by atoms with Gasteiger partial charge in [-0.15, -0.1) is 15.3 Å². The molecule has 8 nitrogen and oxygen atoms in total. The molecule has 5 rings (SSSR count). The lowest BCUT2D eigenvalue weighted by molar-refractivity contribution is 0.125. The van der Waals surface area contributed by atoms with Gasteiger partial charge >= 0.3 is 0 Å². The van der Waals surface area contributed by atoms with Crippen LogP contribution in [0.2, 0.25) is 0 Å². The summed E-state index contributed by atoms with van der Waals surface area (Å²) in [4.78, 5) is 4.34. The number of aromatic nitrogens is 4. The third-order valence-electron chi connectivity index (χ3n) is 6.21. The third kappa shape index (κ3) is 4.19. The number of hydrazone groups is 1. The van der Waals surface area contributed by atoms with Crippen LogP contribution in [0.4, 0.5) is 0 Å². The zero-order chi connectivity index (χ0) is 23.7. The number of pyridine rings is 1. The van der Waals surface area contributed by atoms with Crippen LogP contribution in [0.3, 0.4) is 0 Å². The van der Waals surface area contributed by atoms with Crippen LogP contribution in [0.15, 0.2) is 65.5 Å². The van der Waals surface area contributed by atoms with Crippen molar-refractivity contribution in [2.24, 2.45) is 11.0 Å². The van der Waals surface area contributed by atoms with Gasteiger partial charge < -0.3 is 10.1 Å². The fourth-order valence-electron chi connectivity index (χ4n) is 4.23. The van der Waals surface area contributed by atoms with Crippen LogP contribution in [0.1, 0.15) is 42.3 Å². The number of dihydropyridines is 1. The molecule has 0 saturated carbocycles. The van der Waals surface area contributed by atoms with Crippen LogP contribution in [0, 0.1) is 19.8 Å². The minimum Gasteiger partial charge on any atom is -0.451 e. The molecule has 0 spiro atoms. The number of benzene rings is 1. The van der Waals surface area contributed by atoms with Crippen LogP contribution in [0.25, 0.3) is 11.3 Å². The summed E-state index contributed by atoms with van der Waals surface area (Å²) in [6.45, 7) is 9.07. The van der Waals surface area contributed by atoms with Crippen molar-refractivity contribution in [2.75, 3.05) is 6.54 Å². The number of para-hydroxylation sites is 1. The third-order valence-corrected chi connectivity index (χ3v) is 6.21. The first kappa shape index (κ1) is 21.9. The molecule has 34 heavy (non-hydrogen) atoms. The van der Waals surface area contributed by atoms with E-state index in [0.717, 1.165) is 46.3 Å². The Morgan fingerprint density at radius 3 is 2.74 bits per heavy atom. The Hall–Kier alpha value is -3.94. The first-order valence-electron chi connectivity index (χ1n) is 11.6. The zero-order valence-electron chi connectivity index (χ0n) is 19.9. The summed E-state index contributed by atoms with van der Waals surface area (Å²) in [6, 6.07) is 12.3. The number of nitrogens with zero attached hydrogens (tertiary/aromatic N) is 5. The van der Waals surface area contributed by atoms with Gasteiger partial charge in [-0.3, -0.25) is 15.0 Å². The van der Waals surface area contributed by atoms with Crippen molar-refractivity contribution in [3.63, 3.8) is 0 Å². The minimum absolute atomic E-state index is 0.0955. The van der Waals surface area contributed by atoms with E-state index in [4.69, 9.17) is 4.74 Å². The molecule has 3 aromatic rings. The van der Waals surface area contributed by atoms with Gasteiger partial charge in [-0.05, 0) is 50.1 Å². The van der Waals surface area contributed by atoms with Gasteiger partial charge in [-0.2, -0.15) is 0 Å². The van der Waals surface area contributed by atoms with Crippen LogP contribution < -0.4 is 10.7 Å². The first-order chi connectivity index (χ1) is 16.5. The smallest absolute Gasteiger partial charge is 0.241 e. The number of allylic oxidation sites excluding steroid dienone is 2. The van der Waals surface area contributed by atoms with E-state index in [-0.39, 0.29) is 12.1 Å². The van der Waals surface area contributed by atoms with Gasteiger partial charge in [-0.1, -0.05) is 31.2 Å². The lowest BCUT2D eigenvalue weighted by atomic mass is 10.0. The summed E-state index contributed by atoms with van der Waals surface area (Å²) in [5.74, 6) is 2.40. The SMILES string of the molecule is CC1=CNCC=C1c1nnc(CC(C)C2NN=C(c3ccc(C)nc3)O2)n1-c1ccccc1C. The Kier molecular flexibility index (Phi) is 5.88. The summed E-state index contributed by atoms with van der Waals surface area (Å²) in [5.41, 5.74) is 9.44. The van der Waals surface area contributed by atoms with E-state index in [1.807, 2.05) is 25.3 Å². The van der Waals surface area contributed by atoms with Crippen LogP contribution >= 0.6 is 0 Å². The minimum atomic E-state index is -0.262. The molecule has 4 heterocycles. The molecular formula is C26H29N7O. The average molecular weight is 456 g/mol. The Labute approximate surface area is 199 Å². The molecule has 2 atom stereocenters. The van der Waals surface area contributed by atoms with Crippen molar-refractivity contribution in [1.82, 2.24) is 30.5 Å². The van der Waals surface area contributed by atoms with Gasteiger partial charge in [0.1, 0.15) is 5.82 Å². The molecule has 0 fully saturated rings. The molecule has 0 radical (unpaired) electrons. The predicted octanol–water partition coefficient (Wildman–Crippen LogP) is 3.66. The van der Waals surface area contributed by atoms with Crippen LogP contribution in [-0.2, 0) is 11.2 Å². The van der Waals surface area contributed by atoms with Crippen molar-refractivity contribution in [1.29, 1.82) is 0 Å². The quantitative estimate of drug-likeness (QED) is 0.590. The maximum atomic E-state index is 6.14. The molecule has 2 aliphatic heterocycles. The molecule has 2 unspecified atom stereocenters. The molecule has 2 N–H and O–H groups in total. The molecule has 174 valence electrons. The van der Waals surface area contributed by atoms with Gasteiger partial charge in [0, 0.05) is 42.5 Å². The number of rotatable bonds is 6. The normalized spacial score (nSPS) is 18.2. The highest BCUT2D eigenvalue weighted by atomic mass is 16.5. The molecular weight excluding hydrogens is 426 g/mol. The van der Waals surface area contributed by atoms with Gasteiger partial charge in [0.2, 0.25) is 5.90 Å². The molecule has 0 saturated heterocycles. The summed E-state index contributed by atoms with van der Waals surface area (Å²) < 4.78 is 8.33. The molecule has 0 amide bonds. The second-order valence-electron chi connectivity index (χ2n) is 8.87. The number of aryl methyl sites for hydroxylation is 2. The number of ether oxygens (including phenoxy) is 1. The topological polar surface area (TPSA) is 89.2 Å². The van der Waals surface area contributed by atoms with Gasteiger partial charge in [0.15, 0.2) is 12.1 Å². The molecule has 0 bridgehead atoms. The summed E-state index contributed by atoms with van der Waals surface area (Å²) in [5, 5.41) is 16.9. The van der Waals surface area contributed by atoms with E-state index in [9.17, 15) is 0 Å². The lowest BCUT2D eigenvalue weighted by Crippen LogP contribution is -2.31. The Morgan fingerprint density at radius 2 is 1.97 bits per heavy atom. The highest BCUT2D eigenvalue weighted by Gasteiger charge is 2.29. The van der Waals surface area contributed by atoms with E-state index >= 15 is 0 Å². The van der Waals surface area contributed by atoms with E-state index in [0.29, 0.717) is 12.3 Å². The summed E-state index contributed by atoms with van der Waals surface area (Å²) in [6.07, 6.45) is 6.39. The molecule has 0 aliphatic carbocycles. The van der Waals surface area contributed by atoms with Crippen molar-refractivity contribution >= 4 is 11.5 Å². The maximum absolute atomic E-state index is 6.14. The molecule has 1 aromatic carbocycles. The highest BCUT2D eigenvalue weighted by molar-refractivity contribution is 5.94. The van der Waals surface area contributed by atoms with Crippen molar-refractivity contribution in [3.05, 3.63) is 88.9 Å². The Morgan fingerprint density at radius 1 is 1.12 bits per heavy atom. The van der Waals surface area contributed by atoms with Crippen LogP contribution in [0.5, 0.6) is 0 Å². The van der Waals surface area contributed by atoms with E-state index < -0.39 is 0 Å². The molecule has 8 heteroatoms. The number of nitrogens with one attached hydrogen (secondary N) is 2. The van der Waals surface area contributed by atoms with E-state index in [1.165, 1.54) is 5.56 Å². The maximum Gasteiger partial charge on any atom is 0.241 e. The monoisotopic (exact) mass is 455 g/mol. The van der Waals surface area contributed by atoms with Gasteiger partial charge in [0.25, 0.3) is 0 Å². The fourth-order valence-corrected chi connectivity index (χ4v) is 4.23. The van der Waals surface area contributed by atoms with E-state index in [2.05, 4.69) is 86.7 Å². The van der Waals surface area contributed by atoms with Crippen molar-refractivity contribution < 1.29 is 4.74 Å². The van der Waals surface area contributed by atoms with Crippen molar-refractivity contribution in [3.8, 4) is 5.69 Å². The van der Waals surface area contributed by atoms with Crippen LogP contribution in [-0.4, -0.2) is 38.4 Å². The second kappa shape index (κ2) is 9.13. The summed E-state index contributed by atoms with van der Waals surface area (Å²) >= 11 is 0. The van der Waals surface area contributed by atoms with Gasteiger partial charge in [-0.25, -0.2) is 0 Å². The zero-order valence-corrected chi connectivity index (χ0v) is 19.9. The standard InChI is InChI=1S/C26H29N7O/c1-16-7-5-6-8-22(16)33-23(29-30-24(33)21-11-12-27-14-18(21)3)13-17(2)25-31-32-26(34-25)20-10-9-19(4)28-15-20/h5-11,14-15,17,25,27,31H,12-13H2,1-4H3. The number of hydrogen-bond donors (Lipinski definition) is 2. The largest absolute Gasteiger partial charge is 0.451 e. The fraction of sp³-hybridized carbons (Fsp3) is 0.308. The predicted molar refractivity (Wildman–Crippen MR) is 132 cm³/mol. The van der Waals surface area contributed by atoms with Gasteiger partial charge in [0.05, 0.1) is 11.3 Å².